The zero-order chi connectivity index (χ0) is 12.1. The van der Waals surface area contributed by atoms with Gasteiger partial charge in [0.1, 0.15) is 5.82 Å². The zero-order valence-corrected chi connectivity index (χ0v) is 10.4. The van der Waals surface area contributed by atoms with E-state index in [1.165, 1.54) is 24.8 Å². The van der Waals surface area contributed by atoms with Crippen LogP contribution in [0.1, 0.15) is 42.8 Å². The Morgan fingerprint density at radius 1 is 1.18 bits per heavy atom. The molecule has 1 aliphatic rings. The Bertz CT molecular complexity index is 380. The van der Waals surface area contributed by atoms with Gasteiger partial charge in [0.25, 0.3) is 0 Å². The molecule has 2 rings (SSSR count). The standard InChI is InChI=1S/C13H20N2O2/c1-17-13-10-6-3-2-4-7-11(10)14-12(15-13)8-5-9-16/h16H,2-9H2,1H3. The summed E-state index contributed by atoms with van der Waals surface area (Å²) in [6.07, 6.45) is 7.14. The first-order valence-corrected chi connectivity index (χ1v) is 6.38. The summed E-state index contributed by atoms with van der Waals surface area (Å²) >= 11 is 0. The van der Waals surface area contributed by atoms with E-state index >= 15 is 0 Å². The molecule has 4 nitrogen and oxygen atoms in total. The third kappa shape index (κ3) is 2.94. The van der Waals surface area contributed by atoms with Crippen molar-refractivity contribution < 1.29 is 9.84 Å². The van der Waals surface area contributed by atoms with Gasteiger partial charge >= 0.3 is 0 Å². The average molecular weight is 236 g/mol. The van der Waals surface area contributed by atoms with Crippen molar-refractivity contribution in [2.24, 2.45) is 0 Å². The molecule has 4 heteroatoms. The maximum atomic E-state index is 8.85. The first-order chi connectivity index (χ1) is 8.35. The van der Waals surface area contributed by atoms with Gasteiger partial charge in [0.2, 0.25) is 5.88 Å². The number of ether oxygens (including phenoxy) is 1. The summed E-state index contributed by atoms with van der Waals surface area (Å²) in [6.45, 7) is 0.183. The molecule has 0 aromatic carbocycles. The number of hydrogen-bond donors (Lipinski definition) is 1. The van der Waals surface area contributed by atoms with E-state index in [-0.39, 0.29) is 6.61 Å². The Morgan fingerprint density at radius 2 is 2.00 bits per heavy atom. The average Bonchev–Trinajstić information content (AvgIpc) is 2.60. The fourth-order valence-corrected chi connectivity index (χ4v) is 2.30. The number of hydrogen-bond acceptors (Lipinski definition) is 4. The van der Waals surface area contributed by atoms with Crippen molar-refractivity contribution in [2.45, 2.75) is 44.9 Å². The molecule has 0 aliphatic heterocycles. The second-order valence-electron chi connectivity index (χ2n) is 4.46. The number of aryl methyl sites for hydroxylation is 2. The molecule has 0 radical (unpaired) electrons. The maximum Gasteiger partial charge on any atom is 0.219 e. The number of aliphatic hydroxyl groups excluding tert-OH is 1. The van der Waals surface area contributed by atoms with Crippen LogP contribution in [0.5, 0.6) is 5.88 Å². The van der Waals surface area contributed by atoms with Gasteiger partial charge in [-0.2, -0.15) is 4.98 Å². The van der Waals surface area contributed by atoms with E-state index in [1.54, 1.807) is 7.11 Å². The van der Waals surface area contributed by atoms with Crippen molar-refractivity contribution in [3.8, 4) is 5.88 Å². The van der Waals surface area contributed by atoms with Gasteiger partial charge in [0.05, 0.1) is 12.8 Å². The Morgan fingerprint density at radius 3 is 2.76 bits per heavy atom. The van der Waals surface area contributed by atoms with Crippen molar-refractivity contribution in [1.29, 1.82) is 0 Å². The number of fused-ring (bicyclic) bond motifs is 1. The highest BCUT2D eigenvalue weighted by Crippen LogP contribution is 2.26. The lowest BCUT2D eigenvalue weighted by atomic mass is 10.1. The molecule has 1 aromatic rings. The molecule has 94 valence electrons. The van der Waals surface area contributed by atoms with Crippen molar-refractivity contribution >= 4 is 0 Å². The molecule has 1 aromatic heterocycles. The summed E-state index contributed by atoms with van der Waals surface area (Å²) < 4.78 is 5.38. The van der Waals surface area contributed by atoms with E-state index in [2.05, 4.69) is 9.97 Å². The van der Waals surface area contributed by atoms with Crippen LogP contribution in [0.4, 0.5) is 0 Å². The molecule has 0 saturated carbocycles. The van der Waals surface area contributed by atoms with Gasteiger partial charge in [-0.3, -0.25) is 0 Å². The van der Waals surface area contributed by atoms with Crippen molar-refractivity contribution in [3.63, 3.8) is 0 Å². The lowest BCUT2D eigenvalue weighted by Crippen LogP contribution is -2.07. The molecule has 1 aliphatic carbocycles. The van der Waals surface area contributed by atoms with E-state index in [0.717, 1.165) is 36.7 Å². The second kappa shape index (κ2) is 5.96. The molecule has 0 unspecified atom stereocenters. The van der Waals surface area contributed by atoms with Gasteiger partial charge in [0.15, 0.2) is 0 Å². The zero-order valence-electron chi connectivity index (χ0n) is 10.4. The third-order valence-electron chi connectivity index (χ3n) is 3.19. The molecule has 1 N–H and O–H groups in total. The topological polar surface area (TPSA) is 55.2 Å². The molecule has 0 fully saturated rings. The quantitative estimate of drug-likeness (QED) is 0.808. The smallest absolute Gasteiger partial charge is 0.219 e. The number of aliphatic hydroxyl groups is 1. The summed E-state index contributed by atoms with van der Waals surface area (Å²) in [5.74, 6) is 1.54. The normalized spacial score (nSPS) is 15.2. The van der Waals surface area contributed by atoms with Gasteiger partial charge in [-0.25, -0.2) is 4.98 Å². The summed E-state index contributed by atoms with van der Waals surface area (Å²) in [5.41, 5.74) is 2.35. The molecule has 0 bridgehead atoms. The highest BCUT2D eigenvalue weighted by Gasteiger charge is 2.16. The summed E-state index contributed by atoms with van der Waals surface area (Å²) in [5, 5.41) is 8.85. The molecule has 0 amide bonds. The van der Waals surface area contributed by atoms with Crippen LogP contribution in [0, 0.1) is 0 Å². The maximum absolute atomic E-state index is 8.85. The van der Waals surface area contributed by atoms with Crippen LogP contribution in [-0.2, 0) is 19.3 Å². The second-order valence-corrected chi connectivity index (χ2v) is 4.46. The Hall–Kier alpha value is -1.16. The van der Waals surface area contributed by atoms with E-state index in [1.807, 2.05) is 0 Å². The predicted octanol–water partition coefficient (Wildman–Crippen LogP) is 1.68. The summed E-state index contributed by atoms with van der Waals surface area (Å²) in [4.78, 5) is 9.06. The number of aromatic nitrogens is 2. The van der Waals surface area contributed by atoms with E-state index in [9.17, 15) is 0 Å². The SMILES string of the molecule is COc1nc(CCCO)nc2c1CCCCC2. The molecule has 0 atom stereocenters. The van der Waals surface area contributed by atoms with E-state index in [4.69, 9.17) is 9.84 Å². The molecule has 17 heavy (non-hydrogen) atoms. The number of rotatable bonds is 4. The Kier molecular flexibility index (Phi) is 4.31. The van der Waals surface area contributed by atoms with Crippen molar-refractivity contribution in [3.05, 3.63) is 17.1 Å². The van der Waals surface area contributed by atoms with Crippen LogP contribution in [0.3, 0.4) is 0 Å². The minimum absolute atomic E-state index is 0.183. The number of nitrogens with zero attached hydrogens (tertiary/aromatic N) is 2. The largest absolute Gasteiger partial charge is 0.481 e. The summed E-state index contributed by atoms with van der Waals surface area (Å²) in [6, 6.07) is 0. The summed E-state index contributed by atoms with van der Waals surface area (Å²) in [7, 11) is 1.67. The minimum Gasteiger partial charge on any atom is -0.481 e. The van der Waals surface area contributed by atoms with Crippen LogP contribution in [0.2, 0.25) is 0 Å². The van der Waals surface area contributed by atoms with Gasteiger partial charge < -0.3 is 9.84 Å². The lowest BCUT2D eigenvalue weighted by Gasteiger charge is -2.11. The van der Waals surface area contributed by atoms with Crippen LogP contribution in [0.15, 0.2) is 0 Å². The number of methoxy groups -OCH3 is 1. The highest BCUT2D eigenvalue weighted by molar-refractivity contribution is 5.32. The monoisotopic (exact) mass is 236 g/mol. The Labute approximate surface area is 102 Å². The molecule has 0 saturated heterocycles. The van der Waals surface area contributed by atoms with Crippen LogP contribution >= 0.6 is 0 Å². The van der Waals surface area contributed by atoms with Crippen molar-refractivity contribution in [2.75, 3.05) is 13.7 Å². The predicted molar refractivity (Wildman–Crippen MR) is 65.2 cm³/mol. The fourth-order valence-electron chi connectivity index (χ4n) is 2.30. The highest BCUT2D eigenvalue weighted by atomic mass is 16.5. The molecular formula is C13H20N2O2. The Balaban J connectivity index is 2.29. The fraction of sp³-hybridized carbons (Fsp3) is 0.692. The van der Waals surface area contributed by atoms with Crippen molar-refractivity contribution in [1.82, 2.24) is 9.97 Å². The molecular weight excluding hydrogens is 216 g/mol. The van der Waals surface area contributed by atoms with Crippen LogP contribution in [0.25, 0.3) is 0 Å². The van der Waals surface area contributed by atoms with Gasteiger partial charge in [0, 0.05) is 18.6 Å². The van der Waals surface area contributed by atoms with E-state index in [0.29, 0.717) is 6.42 Å². The minimum atomic E-state index is 0.183. The lowest BCUT2D eigenvalue weighted by molar-refractivity contribution is 0.287. The van der Waals surface area contributed by atoms with Crippen LogP contribution in [-0.4, -0.2) is 28.8 Å². The molecule has 1 heterocycles. The first-order valence-electron chi connectivity index (χ1n) is 6.38. The van der Waals surface area contributed by atoms with Gasteiger partial charge in [-0.05, 0) is 32.1 Å². The van der Waals surface area contributed by atoms with Gasteiger partial charge in [-0.1, -0.05) is 6.42 Å². The first kappa shape index (κ1) is 12.3. The van der Waals surface area contributed by atoms with Crippen LogP contribution < -0.4 is 4.74 Å². The molecule has 0 spiro atoms. The van der Waals surface area contributed by atoms with E-state index < -0.39 is 0 Å². The third-order valence-corrected chi connectivity index (χ3v) is 3.19. The van der Waals surface area contributed by atoms with Gasteiger partial charge in [-0.15, -0.1) is 0 Å².